The van der Waals surface area contributed by atoms with Crippen molar-refractivity contribution in [3.63, 3.8) is 0 Å². The molecule has 0 saturated heterocycles. The molecule has 0 aromatic heterocycles. The first-order valence-corrected chi connectivity index (χ1v) is 6.58. The number of carbonyl (C=O) groups is 1. The molecule has 1 aliphatic carbocycles. The summed E-state index contributed by atoms with van der Waals surface area (Å²) in [5, 5.41) is 18.5. The van der Waals surface area contributed by atoms with Crippen molar-refractivity contribution in [1.29, 1.82) is 0 Å². The second kappa shape index (κ2) is 5.21. The fraction of sp³-hybridized carbons (Fsp3) is 0.533. The van der Waals surface area contributed by atoms with Crippen LogP contribution in [0.25, 0.3) is 0 Å². The van der Waals surface area contributed by atoms with E-state index in [9.17, 15) is 9.90 Å². The van der Waals surface area contributed by atoms with E-state index < -0.39 is 11.4 Å². The van der Waals surface area contributed by atoms with Crippen molar-refractivity contribution in [2.45, 2.75) is 25.7 Å². The summed E-state index contributed by atoms with van der Waals surface area (Å²) in [4.78, 5) is 11.4. The van der Waals surface area contributed by atoms with Gasteiger partial charge in [-0.3, -0.25) is 4.79 Å². The number of hydrogen-bond donors (Lipinski definition) is 2. The minimum atomic E-state index is -0.897. The van der Waals surface area contributed by atoms with Crippen molar-refractivity contribution >= 4 is 5.97 Å². The third-order valence-corrected chi connectivity index (χ3v) is 3.66. The number of carboxylic acid groups (broad SMARTS) is 1. The zero-order valence-electron chi connectivity index (χ0n) is 11.3. The largest absolute Gasteiger partial charge is 0.493 e. The van der Waals surface area contributed by atoms with Crippen LogP contribution in [0.3, 0.4) is 0 Å². The van der Waals surface area contributed by atoms with Crippen LogP contribution in [-0.2, 0) is 10.2 Å². The molecule has 1 saturated carbocycles. The molecule has 104 valence electrons. The van der Waals surface area contributed by atoms with Crippen LogP contribution in [0.2, 0.25) is 0 Å². The molecule has 0 amide bonds. The maximum Gasteiger partial charge on any atom is 0.314 e. The molecule has 0 heterocycles. The molecule has 0 radical (unpaired) electrons. The molecular weight excluding hydrogens is 244 g/mol. The van der Waals surface area contributed by atoms with Gasteiger partial charge in [-0.1, -0.05) is 26.0 Å². The van der Waals surface area contributed by atoms with E-state index in [0.717, 1.165) is 11.3 Å². The summed E-state index contributed by atoms with van der Waals surface area (Å²) in [5.41, 5.74) is -0.151. The standard InChI is InChI=1S/C15H20O4/c1-10(2)9-19-13-5-3-11(4-6-13)15(14(17)18)7-12(15)8-16/h3-6,10,12,16H,7-9H2,1-2H3,(H,17,18). The van der Waals surface area contributed by atoms with Gasteiger partial charge in [0.25, 0.3) is 0 Å². The summed E-state index contributed by atoms with van der Waals surface area (Å²) in [6.07, 6.45) is 0.505. The van der Waals surface area contributed by atoms with Crippen LogP contribution < -0.4 is 4.74 Å². The molecule has 4 heteroatoms. The highest BCUT2D eigenvalue weighted by molar-refractivity contribution is 5.86. The SMILES string of the molecule is CC(C)COc1ccc(C2(C(=O)O)CC2CO)cc1. The maximum absolute atomic E-state index is 11.4. The number of rotatable bonds is 6. The summed E-state index contributed by atoms with van der Waals surface area (Å²) in [7, 11) is 0. The zero-order valence-corrected chi connectivity index (χ0v) is 11.3. The molecule has 0 aliphatic heterocycles. The van der Waals surface area contributed by atoms with E-state index in [1.807, 2.05) is 0 Å². The first kappa shape index (κ1) is 13.9. The van der Waals surface area contributed by atoms with Crippen molar-refractivity contribution in [3.8, 4) is 5.75 Å². The van der Waals surface area contributed by atoms with Gasteiger partial charge in [0.05, 0.1) is 12.0 Å². The van der Waals surface area contributed by atoms with Gasteiger partial charge in [0, 0.05) is 12.5 Å². The summed E-state index contributed by atoms with van der Waals surface area (Å²) >= 11 is 0. The highest BCUT2D eigenvalue weighted by Crippen LogP contribution is 2.54. The first-order chi connectivity index (χ1) is 9.00. The quantitative estimate of drug-likeness (QED) is 0.825. The van der Waals surface area contributed by atoms with Gasteiger partial charge < -0.3 is 14.9 Å². The lowest BCUT2D eigenvalue weighted by atomic mass is 9.93. The molecular formula is C15H20O4. The normalized spacial score (nSPS) is 25.4. The number of carboxylic acids is 1. The molecule has 2 atom stereocenters. The van der Waals surface area contributed by atoms with Gasteiger partial charge in [0.2, 0.25) is 0 Å². The topological polar surface area (TPSA) is 66.8 Å². The van der Waals surface area contributed by atoms with Gasteiger partial charge in [-0.05, 0) is 30.0 Å². The van der Waals surface area contributed by atoms with E-state index in [1.165, 1.54) is 0 Å². The minimum Gasteiger partial charge on any atom is -0.493 e. The number of ether oxygens (including phenoxy) is 1. The third-order valence-electron chi connectivity index (χ3n) is 3.66. The van der Waals surface area contributed by atoms with Crippen LogP contribution in [0.1, 0.15) is 25.8 Å². The first-order valence-electron chi connectivity index (χ1n) is 6.58. The molecule has 2 unspecified atom stereocenters. The Morgan fingerprint density at radius 2 is 2.05 bits per heavy atom. The minimum absolute atomic E-state index is 0.0854. The van der Waals surface area contributed by atoms with E-state index in [2.05, 4.69) is 13.8 Å². The summed E-state index contributed by atoms with van der Waals surface area (Å²) in [6, 6.07) is 7.18. The van der Waals surface area contributed by atoms with Crippen molar-refractivity contribution in [3.05, 3.63) is 29.8 Å². The van der Waals surface area contributed by atoms with Gasteiger partial charge in [-0.15, -0.1) is 0 Å². The highest BCUT2D eigenvalue weighted by atomic mass is 16.5. The number of aliphatic carboxylic acids is 1. The molecule has 1 aromatic rings. The number of hydrogen-bond acceptors (Lipinski definition) is 3. The van der Waals surface area contributed by atoms with Gasteiger partial charge in [0.1, 0.15) is 5.75 Å². The van der Waals surface area contributed by atoms with Gasteiger partial charge >= 0.3 is 5.97 Å². The van der Waals surface area contributed by atoms with E-state index in [1.54, 1.807) is 24.3 Å². The maximum atomic E-state index is 11.4. The summed E-state index contributed by atoms with van der Waals surface area (Å²) < 4.78 is 5.57. The van der Waals surface area contributed by atoms with Crippen LogP contribution in [0, 0.1) is 11.8 Å². The summed E-state index contributed by atoms with van der Waals surface area (Å²) in [5.74, 6) is 0.168. The van der Waals surface area contributed by atoms with Gasteiger partial charge in [0.15, 0.2) is 0 Å². The average molecular weight is 264 g/mol. The van der Waals surface area contributed by atoms with Gasteiger partial charge in [-0.2, -0.15) is 0 Å². The fourth-order valence-corrected chi connectivity index (χ4v) is 2.40. The smallest absolute Gasteiger partial charge is 0.314 e. The Balaban J connectivity index is 2.12. The van der Waals surface area contributed by atoms with E-state index in [0.29, 0.717) is 18.9 Å². The van der Waals surface area contributed by atoms with Crippen molar-refractivity contribution < 1.29 is 19.7 Å². The Morgan fingerprint density at radius 1 is 1.42 bits per heavy atom. The molecule has 0 bridgehead atoms. The Hall–Kier alpha value is -1.55. The van der Waals surface area contributed by atoms with Gasteiger partial charge in [-0.25, -0.2) is 0 Å². The Morgan fingerprint density at radius 3 is 2.47 bits per heavy atom. The van der Waals surface area contributed by atoms with E-state index >= 15 is 0 Å². The molecule has 1 fully saturated rings. The molecule has 19 heavy (non-hydrogen) atoms. The second-order valence-corrected chi connectivity index (χ2v) is 5.59. The number of aliphatic hydroxyl groups is 1. The predicted molar refractivity (Wildman–Crippen MR) is 71.3 cm³/mol. The lowest BCUT2D eigenvalue weighted by Crippen LogP contribution is -2.23. The fourth-order valence-electron chi connectivity index (χ4n) is 2.40. The van der Waals surface area contributed by atoms with E-state index in [4.69, 9.17) is 9.84 Å². The molecule has 1 aliphatic rings. The van der Waals surface area contributed by atoms with Crippen LogP contribution in [-0.4, -0.2) is 29.4 Å². The van der Waals surface area contributed by atoms with Crippen molar-refractivity contribution in [1.82, 2.24) is 0 Å². The van der Waals surface area contributed by atoms with E-state index in [-0.39, 0.29) is 12.5 Å². The second-order valence-electron chi connectivity index (χ2n) is 5.59. The zero-order chi connectivity index (χ0) is 14.0. The Labute approximate surface area is 113 Å². The monoisotopic (exact) mass is 264 g/mol. The Bertz CT molecular complexity index is 452. The number of benzene rings is 1. The van der Waals surface area contributed by atoms with Crippen LogP contribution >= 0.6 is 0 Å². The molecule has 0 spiro atoms. The predicted octanol–water partition coefficient (Wildman–Crippen LogP) is 2.06. The molecule has 2 rings (SSSR count). The Kier molecular flexibility index (Phi) is 3.80. The third kappa shape index (κ3) is 2.59. The molecule has 1 aromatic carbocycles. The average Bonchev–Trinajstić information content (AvgIpc) is 3.13. The van der Waals surface area contributed by atoms with Crippen LogP contribution in [0.4, 0.5) is 0 Å². The lowest BCUT2D eigenvalue weighted by Gasteiger charge is -2.14. The highest BCUT2D eigenvalue weighted by Gasteiger charge is 2.61. The molecule has 2 N–H and O–H groups in total. The van der Waals surface area contributed by atoms with Crippen LogP contribution in [0.15, 0.2) is 24.3 Å². The molecule has 4 nitrogen and oxygen atoms in total. The number of aliphatic hydroxyl groups excluding tert-OH is 1. The van der Waals surface area contributed by atoms with Crippen molar-refractivity contribution in [2.75, 3.05) is 13.2 Å². The summed E-state index contributed by atoms with van der Waals surface area (Å²) in [6.45, 7) is 4.70. The van der Waals surface area contributed by atoms with Crippen LogP contribution in [0.5, 0.6) is 5.75 Å². The lowest BCUT2D eigenvalue weighted by molar-refractivity contribution is -0.140. The van der Waals surface area contributed by atoms with Crippen molar-refractivity contribution in [2.24, 2.45) is 11.8 Å².